The van der Waals surface area contributed by atoms with Crippen molar-refractivity contribution in [1.82, 2.24) is 10.2 Å². The lowest BCUT2D eigenvalue weighted by atomic mass is 10.00. The van der Waals surface area contributed by atoms with Gasteiger partial charge in [-0.05, 0) is 38.0 Å². The highest BCUT2D eigenvalue weighted by Gasteiger charge is 2.27. The Kier molecular flexibility index (Phi) is 6.54. The number of nitrogens with one attached hydrogen (secondary N) is 1. The molecule has 0 bridgehead atoms. The zero-order valence-electron chi connectivity index (χ0n) is 14.8. The molecule has 1 aliphatic rings. The van der Waals surface area contributed by atoms with Gasteiger partial charge >= 0.3 is 0 Å². The standard InChI is InChI=1S/C18H30N2O3/c1-5-7-15-12-19-8-9-20(15)13(3)14-10-16(22-4)18(21)17(11-14)23-6-2/h10-11,13,15,19,21H,5-9,12H2,1-4H3. The lowest BCUT2D eigenvalue weighted by molar-refractivity contribution is 0.107. The second kappa shape index (κ2) is 8.41. The van der Waals surface area contributed by atoms with Crippen LogP contribution in [0.5, 0.6) is 17.2 Å². The molecule has 2 N–H and O–H groups in total. The summed E-state index contributed by atoms with van der Waals surface area (Å²) in [7, 11) is 1.57. The van der Waals surface area contributed by atoms with E-state index in [0.717, 1.165) is 25.2 Å². The van der Waals surface area contributed by atoms with Gasteiger partial charge in [-0.25, -0.2) is 0 Å². The molecule has 2 rings (SSSR count). The molecule has 5 heteroatoms. The predicted octanol–water partition coefficient (Wildman–Crippen LogP) is 2.93. The van der Waals surface area contributed by atoms with E-state index in [4.69, 9.17) is 9.47 Å². The number of hydrogen-bond donors (Lipinski definition) is 2. The van der Waals surface area contributed by atoms with Gasteiger partial charge in [0.25, 0.3) is 0 Å². The lowest BCUT2D eigenvalue weighted by Crippen LogP contribution is -2.51. The number of nitrogens with zero attached hydrogens (tertiary/aromatic N) is 1. The number of ether oxygens (including phenoxy) is 2. The van der Waals surface area contributed by atoms with Crippen molar-refractivity contribution in [2.75, 3.05) is 33.4 Å². The summed E-state index contributed by atoms with van der Waals surface area (Å²) in [5, 5.41) is 13.7. The third-order valence-electron chi connectivity index (χ3n) is 4.58. The molecule has 5 nitrogen and oxygen atoms in total. The molecule has 0 aliphatic carbocycles. The van der Waals surface area contributed by atoms with Crippen molar-refractivity contribution in [3.05, 3.63) is 17.7 Å². The maximum absolute atomic E-state index is 10.2. The Hall–Kier alpha value is -1.46. The molecule has 1 aromatic carbocycles. The van der Waals surface area contributed by atoms with Crippen LogP contribution in [0.3, 0.4) is 0 Å². The van der Waals surface area contributed by atoms with Gasteiger partial charge in [-0.3, -0.25) is 4.90 Å². The van der Waals surface area contributed by atoms with Gasteiger partial charge in [0.15, 0.2) is 11.5 Å². The molecule has 1 aliphatic heterocycles. The van der Waals surface area contributed by atoms with Gasteiger partial charge in [0, 0.05) is 31.7 Å². The van der Waals surface area contributed by atoms with Crippen LogP contribution in [-0.2, 0) is 0 Å². The van der Waals surface area contributed by atoms with E-state index < -0.39 is 0 Å². The van der Waals surface area contributed by atoms with Gasteiger partial charge in [-0.2, -0.15) is 0 Å². The van der Waals surface area contributed by atoms with E-state index in [-0.39, 0.29) is 11.8 Å². The molecule has 23 heavy (non-hydrogen) atoms. The van der Waals surface area contributed by atoms with E-state index in [1.807, 2.05) is 19.1 Å². The molecule has 0 spiro atoms. The summed E-state index contributed by atoms with van der Waals surface area (Å²) in [6.45, 7) is 9.95. The molecule has 0 amide bonds. The first-order valence-electron chi connectivity index (χ1n) is 8.62. The smallest absolute Gasteiger partial charge is 0.200 e. The molecule has 2 atom stereocenters. The fourth-order valence-electron chi connectivity index (χ4n) is 3.34. The number of piperazine rings is 1. The average molecular weight is 322 g/mol. The van der Waals surface area contributed by atoms with Gasteiger partial charge < -0.3 is 19.9 Å². The van der Waals surface area contributed by atoms with Crippen LogP contribution >= 0.6 is 0 Å². The topological polar surface area (TPSA) is 54.0 Å². The zero-order chi connectivity index (χ0) is 16.8. The van der Waals surface area contributed by atoms with Gasteiger partial charge in [0.2, 0.25) is 5.75 Å². The van der Waals surface area contributed by atoms with Crippen molar-refractivity contribution in [1.29, 1.82) is 0 Å². The van der Waals surface area contributed by atoms with Crippen LogP contribution in [0.25, 0.3) is 0 Å². The second-order valence-electron chi connectivity index (χ2n) is 6.06. The van der Waals surface area contributed by atoms with E-state index in [2.05, 4.69) is 24.1 Å². The fraction of sp³-hybridized carbons (Fsp3) is 0.667. The summed E-state index contributed by atoms with van der Waals surface area (Å²) >= 11 is 0. The van der Waals surface area contributed by atoms with Crippen LogP contribution in [0, 0.1) is 0 Å². The summed E-state index contributed by atoms with van der Waals surface area (Å²) in [5.41, 5.74) is 1.12. The molecule has 1 saturated heterocycles. The molecule has 1 heterocycles. The Morgan fingerprint density at radius 1 is 1.35 bits per heavy atom. The number of phenolic OH excluding ortho intramolecular Hbond substituents is 1. The van der Waals surface area contributed by atoms with Crippen LogP contribution in [0.2, 0.25) is 0 Å². The largest absolute Gasteiger partial charge is 0.502 e. The maximum atomic E-state index is 10.2. The van der Waals surface area contributed by atoms with Gasteiger partial charge in [0.05, 0.1) is 13.7 Å². The van der Waals surface area contributed by atoms with Crippen LogP contribution in [0.15, 0.2) is 12.1 Å². The minimum Gasteiger partial charge on any atom is -0.502 e. The molecular weight excluding hydrogens is 292 g/mol. The highest BCUT2D eigenvalue weighted by Crippen LogP contribution is 2.40. The number of benzene rings is 1. The van der Waals surface area contributed by atoms with Crippen molar-refractivity contribution in [3.63, 3.8) is 0 Å². The van der Waals surface area contributed by atoms with Gasteiger partial charge in [-0.1, -0.05) is 13.3 Å². The number of phenols is 1. The van der Waals surface area contributed by atoms with Crippen LogP contribution in [0.4, 0.5) is 0 Å². The quantitative estimate of drug-likeness (QED) is 0.808. The third kappa shape index (κ3) is 4.09. The average Bonchev–Trinajstić information content (AvgIpc) is 2.57. The number of aromatic hydroxyl groups is 1. The first-order chi connectivity index (χ1) is 11.1. The Morgan fingerprint density at radius 2 is 2.09 bits per heavy atom. The highest BCUT2D eigenvalue weighted by atomic mass is 16.5. The Labute approximate surface area is 139 Å². The van der Waals surface area contributed by atoms with Gasteiger partial charge in [0.1, 0.15) is 0 Å². The van der Waals surface area contributed by atoms with E-state index >= 15 is 0 Å². The van der Waals surface area contributed by atoms with Crippen molar-refractivity contribution in [3.8, 4) is 17.2 Å². The fourth-order valence-corrected chi connectivity index (χ4v) is 3.34. The molecule has 0 saturated carbocycles. The molecule has 0 aromatic heterocycles. The minimum absolute atomic E-state index is 0.0794. The Balaban J connectivity index is 2.29. The molecule has 130 valence electrons. The summed E-state index contributed by atoms with van der Waals surface area (Å²) < 4.78 is 10.9. The van der Waals surface area contributed by atoms with Crippen molar-refractivity contribution >= 4 is 0 Å². The zero-order valence-corrected chi connectivity index (χ0v) is 14.8. The molecule has 0 radical (unpaired) electrons. The van der Waals surface area contributed by atoms with Crippen LogP contribution < -0.4 is 14.8 Å². The summed E-state index contributed by atoms with van der Waals surface area (Å²) in [6.07, 6.45) is 2.36. The van der Waals surface area contributed by atoms with E-state index in [0.29, 0.717) is 24.1 Å². The number of methoxy groups -OCH3 is 1. The summed E-state index contributed by atoms with van der Waals surface area (Å²) in [4.78, 5) is 2.54. The normalized spacial score (nSPS) is 20.3. The van der Waals surface area contributed by atoms with E-state index in [9.17, 15) is 5.11 Å². The molecule has 2 unspecified atom stereocenters. The number of rotatable bonds is 7. The number of hydrogen-bond acceptors (Lipinski definition) is 5. The van der Waals surface area contributed by atoms with E-state index in [1.54, 1.807) is 7.11 Å². The molecule has 1 aromatic rings. The Bertz CT molecular complexity index is 505. The summed E-state index contributed by atoms with van der Waals surface area (Å²) in [6, 6.07) is 4.66. The SMILES string of the molecule is CCCC1CNCCN1C(C)c1cc(OC)c(O)c(OCC)c1. The third-order valence-corrected chi connectivity index (χ3v) is 4.58. The first-order valence-corrected chi connectivity index (χ1v) is 8.62. The maximum Gasteiger partial charge on any atom is 0.200 e. The monoisotopic (exact) mass is 322 g/mol. The van der Waals surface area contributed by atoms with Crippen molar-refractivity contribution in [2.45, 2.75) is 45.7 Å². The van der Waals surface area contributed by atoms with Crippen LogP contribution in [0.1, 0.15) is 45.2 Å². The van der Waals surface area contributed by atoms with Gasteiger partial charge in [-0.15, -0.1) is 0 Å². The van der Waals surface area contributed by atoms with Crippen LogP contribution in [-0.4, -0.2) is 49.4 Å². The highest BCUT2D eigenvalue weighted by molar-refractivity contribution is 5.53. The predicted molar refractivity (Wildman–Crippen MR) is 92.5 cm³/mol. The van der Waals surface area contributed by atoms with E-state index in [1.165, 1.54) is 12.8 Å². The Morgan fingerprint density at radius 3 is 2.74 bits per heavy atom. The first kappa shape index (κ1) is 17.9. The second-order valence-corrected chi connectivity index (χ2v) is 6.06. The minimum atomic E-state index is 0.0794. The van der Waals surface area contributed by atoms with Crippen molar-refractivity contribution in [2.24, 2.45) is 0 Å². The molecular formula is C18H30N2O3. The van der Waals surface area contributed by atoms with Crippen molar-refractivity contribution < 1.29 is 14.6 Å². The lowest BCUT2D eigenvalue weighted by Gasteiger charge is -2.40. The molecule has 1 fully saturated rings. The summed E-state index contributed by atoms with van der Waals surface area (Å²) in [5.74, 6) is 1.05.